The molecule has 0 saturated heterocycles. The standard InChI is InChI=1S/3CH3.Ti/h3*1H3;/q3*-1;+4. The number of hydrogen-bond donors (Lipinski definition) is 0. The van der Waals surface area contributed by atoms with Gasteiger partial charge >= 0.3 is 21.7 Å². The van der Waals surface area contributed by atoms with Crippen LogP contribution in [-0.4, -0.2) is 0 Å². The summed E-state index contributed by atoms with van der Waals surface area (Å²) in [6.45, 7) is 0. The number of hydrogen-bond acceptors (Lipinski definition) is 0. The minimum Gasteiger partial charge on any atom is -0.358 e. The first-order valence-electron chi connectivity index (χ1n) is 0. The second-order valence-corrected chi connectivity index (χ2v) is 0. The van der Waals surface area contributed by atoms with Crippen molar-refractivity contribution >= 4 is 0 Å². The monoisotopic (exact) mass is 93.0 g/mol. The summed E-state index contributed by atoms with van der Waals surface area (Å²) in [5, 5.41) is 0. The van der Waals surface area contributed by atoms with Crippen LogP contribution >= 0.6 is 0 Å². The molecule has 0 fully saturated rings. The van der Waals surface area contributed by atoms with Gasteiger partial charge in [0.15, 0.2) is 0 Å². The Hall–Kier alpha value is 0.714. The molecule has 0 aromatic heterocycles. The fourth-order valence-corrected chi connectivity index (χ4v) is 0. The third-order valence-corrected chi connectivity index (χ3v) is 0. The van der Waals surface area contributed by atoms with Gasteiger partial charge in [0, 0.05) is 0 Å². The zero-order valence-electron chi connectivity index (χ0n) is 3.50. The van der Waals surface area contributed by atoms with E-state index < -0.39 is 0 Å². The van der Waals surface area contributed by atoms with E-state index in [1.54, 1.807) is 0 Å². The molecule has 0 amide bonds. The Kier molecular flexibility index (Phi) is 1710. The molecule has 0 spiro atoms. The second kappa shape index (κ2) is 53.6. The summed E-state index contributed by atoms with van der Waals surface area (Å²) >= 11 is 0. The summed E-state index contributed by atoms with van der Waals surface area (Å²) in [6, 6.07) is 0. The Morgan fingerprint density at radius 3 is 0.500 bits per heavy atom. The van der Waals surface area contributed by atoms with E-state index >= 15 is 0 Å². The van der Waals surface area contributed by atoms with Crippen LogP contribution in [0.4, 0.5) is 0 Å². The molecule has 0 heterocycles. The van der Waals surface area contributed by atoms with Crippen LogP contribution in [0.25, 0.3) is 0 Å². The van der Waals surface area contributed by atoms with Gasteiger partial charge in [0.2, 0.25) is 0 Å². The Bertz CT molecular complexity index is 3.25. The second-order valence-electron chi connectivity index (χ2n) is 0. The third kappa shape index (κ3) is 15.6. The average molecular weight is 93.0 g/mol. The largest absolute Gasteiger partial charge is 4.00 e. The van der Waals surface area contributed by atoms with Crippen molar-refractivity contribution < 1.29 is 21.7 Å². The molecule has 4 heavy (non-hydrogen) atoms. The molecule has 0 aromatic rings. The van der Waals surface area contributed by atoms with Gasteiger partial charge in [-0.05, 0) is 0 Å². The van der Waals surface area contributed by atoms with Crippen molar-refractivity contribution in [3.05, 3.63) is 22.3 Å². The van der Waals surface area contributed by atoms with Gasteiger partial charge in [-0.25, -0.2) is 0 Å². The first kappa shape index (κ1) is 127. The molecule has 0 aromatic carbocycles. The first-order chi connectivity index (χ1) is 0. The van der Waals surface area contributed by atoms with Gasteiger partial charge in [-0.1, -0.05) is 0 Å². The summed E-state index contributed by atoms with van der Waals surface area (Å²) in [7, 11) is 0. The van der Waals surface area contributed by atoms with Crippen molar-refractivity contribution in [2.75, 3.05) is 0 Å². The van der Waals surface area contributed by atoms with Crippen LogP contribution < -0.4 is 0 Å². The minimum atomic E-state index is 0. The molecule has 0 aliphatic carbocycles. The zero-order valence-corrected chi connectivity index (χ0v) is 5.06. The van der Waals surface area contributed by atoms with Crippen LogP contribution in [0.15, 0.2) is 0 Å². The fourth-order valence-electron chi connectivity index (χ4n) is 0. The van der Waals surface area contributed by atoms with Crippen LogP contribution in [-0.2, 0) is 21.7 Å². The SMILES string of the molecule is [CH3-].[CH3-].[CH3-].[Ti+4]. The molecule has 0 saturated carbocycles. The normalized spacial score (nSPS) is 0. The van der Waals surface area contributed by atoms with Gasteiger partial charge in [0.25, 0.3) is 0 Å². The summed E-state index contributed by atoms with van der Waals surface area (Å²) in [6.07, 6.45) is 0. The van der Waals surface area contributed by atoms with Crippen molar-refractivity contribution in [2.45, 2.75) is 0 Å². The van der Waals surface area contributed by atoms with Gasteiger partial charge in [0.1, 0.15) is 0 Å². The molecule has 0 radical (unpaired) electrons. The van der Waals surface area contributed by atoms with Crippen LogP contribution in [0.1, 0.15) is 0 Å². The maximum atomic E-state index is 0. The average Bonchev–Trinajstić information content (AvgIpc) is 0. The van der Waals surface area contributed by atoms with Gasteiger partial charge in [-0.3, -0.25) is 0 Å². The maximum Gasteiger partial charge on any atom is 4.00 e. The molecule has 0 N–H and O–H groups in total. The summed E-state index contributed by atoms with van der Waals surface area (Å²) < 4.78 is 0. The van der Waals surface area contributed by atoms with E-state index in [-0.39, 0.29) is 44.0 Å². The van der Waals surface area contributed by atoms with Crippen molar-refractivity contribution in [3.8, 4) is 0 Å². The van der Waals surface area contributed by atoms with E-state index in [0.717, 1.165) is 0 Å². The topological polar surface area (TPSA) is 0 Å². The smallest absolute Gasteiger partial charge is 0.358 e. The summed E-state index contributed by atoms with van der Waals surface area (Å²) in [5.74, 6) is 0. The van der Waals surface area contributed by atoms with Gasteiger partial charge < -0.3 is 22.3 Å². The third-order valence-electron chi connectivity index (χ3n) is 0. The molecular formula is C3H9Ti+. The molecule has 0 nitrogen and oxygen atoms in total. The summed E-state index contributed by atoms with van der Waals surface area (Å²) in [5.41, 5.74) is 0. The van der Waals surface area contributed by atoms with Crippen molar-refractivity contribution in [1.82, 2.24) is 0 Å². The van der Waals surface area contributed by atoms with E-state index in [0.29, 0.717) is 0 Å². The summed E-state index contributed by atoms with van der Waals surface area (Å²) in [4.78, 5) is 0. The molecular weight excluding hydrogens is 83.9 g/mol. The molecule has 0 aliphatic rings. The van der Waals surface area contributed by atoms with Crippen molar-refractivity contribution in [3.63, 3.8) is 0 Å². The number of rotatable bonds is 0. The van der Waals surface area contributed by atoms with Crippen LogP contribution in [0.3, 0.4) is 0 Å². The Morgan fingerprint density at radius 2 is 0.500 bits per heavy atom. The quantitative estimate of drug-likeness (QED) is 0.313. The molecule has 0 bridgehead atoms. The molecule has 0 atom stereocenters. The van der Waals surface area contributed by atoms with E-state index in [9.17, 15) is 0 Å². The van der Waals surface area contributed by atoms with E-state index in [2.05, 4.69) is 0 Å². The Morgan fingerprint density at radius 1 is 0.500 bits per heavy atom. The Balaban J connectivity index is 0. The van der Waals surface area contributed by atoms with E-state index in [1.807, 2.05) is 0 Å². The van der Waals surface area contributed by atoms with Gasteiger partial charge in [-0.15, -0.1) is 0 Å². The predicted octanol–water partition coefficient (Wildman–Crippen LogP) is 1.35. The minimum absolute atomic E-state index is 0. The molecule has 1 heteroatoms. The molecule has 0 rings (SSSR count). The fraction of sp³-hybridized carbons (Fsp3) is 0. The molecule has 24 valence electrons. The van der Waals surface area contributed by atoms with Crippen molar-refractivity contribution in [2.24, 2.45) is 0 Å². The van der Waals surface area contributed by atoms with E-state index in [4.69, 9.17) is 0 Å². The first-order valence-corrected chi connectivity index (χ1v) is 0. The van der Waals surface area contributed by atoms with Crippen LogP contribution in [0.5, 0.6) is 0 Å². The van der Waals surface area contributed by atoms with Crippen LogP contribution in [0, 0.1) is 22.3 Å². The predicted molar refractivity (Wildman–Crippen MR) is 19.2 cm³/mol. The Labute approximate surface area is 44.5 Å². The molecule has 0 unspecified atom stereocenters. The van der Waals surface area contributed by atoms with Crippen molar-refractivity contribution in [1.29, 1.82) is 0 Å². The van der Waals surface area contributed by atoms with Gasteiger partial charge in [0.05, 0.1) is 0 Å². The van der Waals surface area contributed by atoms with E-state index in [1.165, 1.54) is 0 Å². The molecule has 0 aliphatic heterocycles. The zero-order chi connectivity index (χ0) is 0. The van der Waals surface area contributed by atoms with Gasteiger partial charge in [-0.2, -0.15) is 0 Å². The van der Waals surface area contributed by atoms with Crippen LogP contribution in [0.2, 0.25) is 0 Å². The maximum absolute atomic E-state index is 0.